The third-order valence-electron chi connectivity index (χ3n) is 2.14. The summed E-state index contributed by atoms with van der Waals surface area (Å²) in [6.07, 6.45) is 1.16. The number of aliphatic hydroxyl groups is 1. The lowest BCUT2D eigenvalue weighted by Gasteiger charge is -2.06. The van der Waals surface area contributed by atoms with E-state index >= 15 is 0 Å². The second-order valence-electron chi connectivity index (χ2n) is 3.57. The molecule has 0 aliphatic heterocycles. The van der Waals surface area contributed by atoms with Gasteiger partial charge in [0.05, 0.1) is 13.2 Å². The number of methoxy groups -OCH3 is 1. The van der Waals surface area contributed by atoms with Crippen molar-refractivity contribution in [3.05, 3.63) is 16.3 Å². The van der Waals surface area contributed by atoms with Gasteiger partial charge in [0.25, 0.3) is 5.91 Å². The van der Waals surface area contributed by atoms with Crippen LogP contribution in [-0.2, 0) is 0 Å². The van der Waals surface area contributed by atoms with Crippen molar-refractivity contribution < 1.29 is 14.6 Å². The zero-order valence-corrected chi connectivity index (χ0v) is 10.3. The summed E-state index contributed by atoms with van der Waals surface area (Å²) in [5, 5.41) is 13.7. The van der Waals surface area contributed by atoms with E-state index in [9.17, 15) is 4.79 Å². The molecule has 0 saturated heterocycles. The smallest absolute Gasteiger partial charge is 0.265 e. The van der Waals surface area contributed by atoms with E-state index in [2.05, 4.69) is 5.32 Å². The Hall–Kier alpha value is -1.07. The SMILES string of the molecule is COc1ccsc1C(=O)NCCCC(C)O. The van der Waals surface area contributed by atoms with E-state index < -0.39 is 0 Å². The molecule has 0 fully saturated rings. The number of thiophene rings is 1. The topological polar surface area (TPSA) is 58.6 Å². The fourth-order valence-electron chi connectivity index (χ4n) is 1.30. The standard InChI is InChI=1S/C11H17NO3S/c1-8(13)4-3-6-12-11(14)10-9(15-2)5-7-16-10/h5,7-8,13H,3-4,6H2,1-2H3,(H,12,14). The highest BCUT2D eigenvalue weighted by atomic mass is 32.1. The minimum atomic E-state index is -0.312. The van der Waals surface area contributed by atoms with Crippen molar-refractivity contribution >= 4 is 17.2 Å². The molecule has 4 nitrogen and oxygen atoms in total. The lowest BCUT2D eigenvalue weighted by atomic mass is 10.2. The number of carbonyl (C=O) groups is 1. The average Bonchev–Trinajstić information content (AvgIpc) is 2.71. The lowest BCUT2D eigenvalue weighted by molar-refractivity contribution is 0.0951. The molecule has 0 saturated carbocycles. The van der Waals surface area contributed by atoms with E-state index in [0.29, 0.717) is 23.6 Å². The monoisotopic (exact) mass is 243 g/mol. The molecule has 0 aliphatic carbocycles. The number of rotatable bonds is 6. The molecule has 90 valence electrons. The fourth-order valence-corrected chi connectivity index (χ4v) is 2.08. The molecule has 2 N–H and O–H groups in total. The molecule has 1 heterocycles. The Morgan fingerprint density at radius 2 is 2.44 bits per heavy atom. The van der Waals surface area contributed by atoms with Gasteiger partial charge in [0.2, 0.25) is 0 Å². The van der Waals surface area contributed by atoms with E-state index in [-0.39, 0.29) is 12.0 Å². The van der Waals surface area contributed by atoms with E-state index in [4.69, 9.17) is 9.84 Å². The first-order chi connectivity index (χ1) is 7.65. The van der Waals surface area contributed by atoms with Crippen LogP contribution in [0.1, 0.15) is 29.4 Å². The van der Waals surface area contributed by atoms with Crippen LogP contribution in [0, 0.1) is 0 Å². The first kappa shape index (κ1) is 13.0. The van der Waals surface area contributed by atoms with Crippen molar-refractivity contribution in [1.29, 1.82) is 0 Å². The van der Waals surface area contributed by atoms with Gasteiger partial charge in [0, 0.05) is 6.54 Å². The van der Waals surface area contributed by atoms with Gasteiger partial charge in [-0.3, -0.25) is 4.79 Å². The summed E-state index contributed by atoms with van der Waals surface area (Å²) in [4.78, 5) is 12.3. The van der Waals surface area contributed by atoms with Crippen molar-refractivity contribution in [2.45, 2.75) is 25.9 Å². The van der Waals surface area contributed by atoms with Gasteiger partial charge in [0.15, 0.2) is 0 Å². The predicted octanol–water partition coefficient (Wildman–Crippen LogP) is 1.65. The maximum Gasteiger partial charge on any atom is 0.265 e. The zero-order valence-electron chi connectivity index (χ0n) is 9.53. The van der Waals surface area contributed by atoms with Crippen LogP contribution in [0.3, 0.4) is 0 Å². The number of amides is 1. The quantitative estimate of drug-likeness (QED) is 0.747. The molecular weight excluding hydrogens is 226 g/mol. The molecule has 0 spiro atoms. The number of nitrogens with one attached hydrogen (secondary N) is 1. The van der Waals surface area contributed by atoms with Crippen LogP contribution in [0.15, 0.2) is 11.4 Å². The summed E-state index contributed by atoms with van der Waals surface area (Å²) in [5.41, 5.74) is 0. The van der Waals surface area contributed by atoms with Crippen LogP contribution < -0.4 is 10.1 Å². The third-order valence-corrected chi connectivity index (χ3v) is 3.03. The van der Waals surface area contributed by atoms with Crippen LogP contribution in [0.2, 0.25) is 0 Å². The Balaban J connectivity index is 2.35. The molecule has 1 aromatic heterocycles. The molecule has 0 radical (unpaired) electrons. The van der Waals surface area contributed by atoms with Crippen molar-refractivity contribution in [3.8, 4) is 5.75 Å². The second-order valence-corrected chi connectivity index (χ2v) is 4.48. The van der Waals surface area contributed by atoms with Gasteiger partial charge >= 0.3 is 0 Å². The summed E-state index contributed by atoms with van der Waals surface area (Å²) < 4.78 is 5.06. The van der Waals surface area contributed by atoms with Crippen LogP contribution in [0.5, 0.6) is 5.75 Å². The molecule has 1 atom stereocenters. The van der Waals surface area contributed by atoms with Crippen molar-refractivity contribution in [2.24, 2.45) is 0 Å². The molecule has 0 bridgehead atoms. The number of hydrogen-bond acceptors (Lipinski definition) is 4. The summed E-state index contributed by atoms with van der Waals surface area (Å²) in [6.45, 7) is 2.31. The summed E-state index contributed by atoms with van der Waals surface area (Å²) in [5.74, 6) is 0.496. The van der Waals surface area contributed by atoms with Crippen molar-refractivity contribution in [2.75, 3.05) is 13.7 Å². The normalized spacial score (nSPS) is 12.2. The Morgan fingerprint density at radius 1 is 1.69 bits per heavy atom. The molecule has 0 aromatic carbocycles. The number of hydrogen-bond donors (Lipinski definition) is 2. The first-order valence-electron chi connectivity index (χ1n) is 5.23. The lowest BCUT2D eigenvalue weighted by Crippen LogP contribution is -2.24. The summed E-state index contributed by atoms with van der Waals surface area (Å²) in [6, 6.07) is 1.77. The molecule has 1 amide bonds. The third kappa shape index (κ3) is 3.83. The largest absolute Gasteiger partial charge is 0.495 e. The van der Waals surface area contributed by atoms with Crippen molar-refractivity contribution in [1.82, 2.24) is 5.32 Å². The Labute approximate surface area is 99.2 Å². The van der Waals surface area contributed by atoms with Gasteiger partial charge < -0.3 is 15.2 Å². The first-order valence-corrected chi connectivity index (χ1v) is 6.11. The second kappa shape index (κ2) is 6.50. The highest BCUT2D eigenvalue weighted by molar-refractivity contribution is 7.12. The number of aliphatic hydroxyl groups excluding tert-OH is 1. The maximum atomic E-state index is 11.7. The number of ether oxygens (including phenoxy) is 1. The fraction of sp³-hybridized carbons (Fsp3) is 0.545. The molecular formula is C11H17NO3S. The summed E-state index contributed by atoms with van der Waals surface area (Å²) in [7, 11) is 1.55. The average molecular weight is 243 g/mol. The van der Waals surface area contributed by atoms with Crippen LogP contribution in [0.4, 0.5) is 0 Å². The van der Waals surface area contributed by atoms with Gasteiger partial charge in [-0.05, 0) is 31.2 Å². The van der Waals surface area contributed by atoms with Gasteiger partial charge in [0.1, 0.15) is 10.6 Å². The van der Waals surface area contributed by atoms with Crippen molar-refractivity contribution in [3.63, 3.8) is 0 Å². The van der Waals surface area contributed by atoms with E-state index in [1.54, 1.807) is 20.1 Å². The molecule has 16 heavy (non-hydrogen) atoms. The summed E-state index contributed by atoms with van der Waals surface area (Å²) >= 11 is 1.36. The Bertz CT molecular complexity index is 336. The Morgan fingerprint density at radius 3 is 3.06 bits per heavy atom. The Kier molecular flexibility index (Phi) is 5.28. The minimum absolute atomic E-state index is 0.113. The highest BCUT2D eigenvalue weighted by Gasteiger charge is 2.12. The molecule has 1 rings (SSSR count). The van der Waals surface area contributed by atoms with E-state index in [0.717, 1.165) is 6.42 Å². The maximum absolute atomic E-state index is 11.7. The van der Waals surface area contributed by atoms with Crippen LogP contribution >= 0.6 is 11.3 Å². The zero-order chi connectivity index (χ0) is 12.0. The number of carbonyl (C=O) groups excluding carboxylic acids is 1. The molecule has 1 unspecified atom stereocenters. The van der Waals surface area contributed by atoms with E-state index in [1.165, 1.54) is 11.3 Å². The predicted molar refractivity (Wildman–Crippen MR) is 64.1 cm³/mol. The molecule has 1 aromatic rings. The van der Waals surface area contributed by atoms with Gasteiger partial charge in [-0.25, -0.2) is 0 Å². The van der Waals surface area contributed by atoms with Gasteiger partial charge in [-0.15, -0.1) is 11.3 Å². The van der Waals surface area contributed by atoms with E-state index in [1.807, 2.05) is 5.38 Å². The van der Waals surface area contributed by atoms with Crippen LogP contribution in [-0.4, -0.2) is 30.8 Å². The molecule has 5 heteroatoms. The molecule has 0 aliphatic rings. The van der Waals surface area contributed by atoms with Gasteiger partial charge in [-0.2, -0.15) is 0 Å². The van der Waals surface area contributed by atoms with Crippen LogP contribution in [0.25, 0.3) is 0 Å². The highest BCUT2D eigenvalue weighted by Crippen LogP contribution is 2.23. The minimum Gasteiger partial charge on any atom is -0.495 e. The van der Waals surface area contributed by atoms with Gasteiger partial charge in [-0.1, -0.05) is 0 Å².